The predicted molar refractivity (Wildman–Crippen MR) is 65.8 cm³/mol. The third-order valence-corrected chi connectivity index (χ3v) is 2.13. The molecule has 1 aromatic heterocycles. The van der Waals surface area contributed by atoms with Crippen molar-refractivity contribution >= 4 is 29.9 Å². The molecule has 0 bridgehead atoms. The highest BCUT2D eigenvalue weighted by Crippen LogP contribution is 2.04. The Kier molecular flexibility index (Phi) is 7.12. The number of amides is 1. The van der Waals surface area contributed by atoms with Crippen molar-refractivity contribution < 1.29 is 4.79 Å². The van der Waals surface area contributed by atoms with Crippen LogP contribution in [0, 0.1) is 0 Å². The summed E-state index contributed by atoms with van der Waals surface area (Å²) in [7, 11) is 0. The molecule has 0 saturated heterocycles. The maximum Gasteiger partial charge on any atom is 0.222 e. The van der Waals surface area contributed by atoms with Crippen LogP contribution in [0.3, 0.4) is 0 Å². The van der Waals surface area contributed by atoms with Crippen LogP contribution in [0.4, 0.5) is 0 Å². The molecule has 0 aliphatic heterocycles. The van der Waals surface area contributed by atoms with Crippen molar-refractivity contribution in [2.75, 3.05) is 6.54 Å². The Morgan fingerprint density at radius 2 is 2.44 bits per heavy atom. The van der Waals surface area contributed by atoms with Crippen LogP contribution in [-0.4, -0.2) is 28.3 Å². The van der Waals surface area contributed by atoms with Crippen molar-refractivity contribution in [3.05, 3.63) is 17.4 Å². The second-order valence-electron chi connectivity index (χ2n) is 3.38. The molecule has 3 N–H and O–H groups in total. The summed E-state index contributed by atoms with van der Waals surface area (Å²) in [6.45, 7) is 2.83. The lowest BCUT2D eigenvalue weighted by Gasteiger charge is -2.10. The molecule has 92 valence electrons. The van der Waals surface area contributed by atoms with Crippen molar-refractivity contribution in [2.45, 2.75) is 25.9 Å². The third-order valence-electron chi connectivity index (χ3n) is 1.93. The first-order valence-electron chi connectivity index (χ1n) is 4.79. The first-order valence-corrected chi connectivity index (χ1v) is 5.17. The van der Waals surface area contributed by atoms with Gasteiger partial charge in [-0.2, -0.15) is 5.10 Å². The van der Waals surface area contributed by atoms with E-state index in [-0.39, 0.29) is 24.4 Å². The zero-order chi connectivity index (χ0) is 11.3. The second kappa shape index (κ2) is 7.49. The number of hydrogen-bond donors (Lipinski definition) is 2. The molecule has 16 heavy (non-hydrogen) atoms. The molecular weight excluding hydrogens is 251 g/mol. The Hall–Kier alpha value is -0.780. The molecule has 1 amide bonds. The summed E-state index contributed by atoms with van der Waals surface area (Å²) in [6.07, 6.45) is 3.60. The normalized spacial score (nSPS) is 11.7. The SMILES string of the molecule is C[C@H](CN)NC(=O)CCn1cc(Cl)cn1.Cl. The van der Waals surface area contributed by atoms with E-state index in [1.165, 1.54) is 0 Å². The lowest BCUT2D eigenvalue weighted by molar-refractivity contribution is -0.121. The van der Waals surface area contributed by atoms with E-state index in [0.29, 0.717) is 24.5 Å². The highest BCUT2D eigenvalue weighted by molar-refractivity contribution is 6.30. The van der Waals surface area contributed by atoms with Gasteiger partial charge in [0.05, 0.1) is 11.2 Å². The Balaban J connectivity index is 0.00000225. The Labute approximate surface area is 106 Å². The van der Waals surface area contributed by atoms with Gasteiger partial charge in [0.15, 0.2) is 0 Å². The van der Waals surface area contributed by atoms with Crippen LogP contribution in [0.1, 0.15) is 13.3 Å². The van der Waals surface area contributed by atoms with Crippen LogP contribution in [0.15, 0.2) is 12.4 Å². The maximum absolute atomic E-state index is 11.4. The van der Waals surface area contributed by atoms with Gasteiger partial charge in [-0.15, -0.1) is 12.4 Å². The Bertz CT molecular complexity index is 329. The van der Waals surface area contributed by atoms with E-state index in [1.54, 1.807) is 17.1 Å². The summed E-state index contributed by atoms with van der Waals surface area (Å²) in [5.74, 6) is -0.0282. The molecule has 0 aliphatic rings. The number of nitrogens with zero attached hydrogens (tertiary/aromatic N) is 2. The van der Waals surface area contributed by atoms with Crippen LogP contribution in [0.2, 0.25) is 5.02 Å². The van der Waals surface area contributed by atoms with Crippen molar-refractivity contribution in [1.29, 1.82) is 0 Å². The molecular formula is C9H16Cl2N4O. The number of nitrogens with two attached hydrogens (primary N) is 1. The van der Waals surface area contributed by atoms with E-state index in [9.17, 15) is 4.79 Å². The highest BCUT2D eigenvalue weighted by atomic mass is 35.5. The third kappa shape index (κ3) is 5.34. The number of carbonyl (C=O) groups is 1. The highest BCUT2D eigenvalue weighted by Gasteiger charge is 2.05. The van der Waals surface area contributed by atoms with E-state index < -0.39 is 0 Å². The summed E-state index contributed by atoms with van der Waals surface area (Å²) in [5, 5.41) is 7.31. The molecule has 0 fully saturated rings. The van der Waals surface area contributed by atoms with Crippen molar-refractivity contribution in [2.24, 2.45) is 5.73 Å². The number of nitrogens with one attached hydrogen (secondary N) is 1. The van der Waals surface area contributed by atoms with Crippen molar-refractivity contribution in [3.8, 4) is 0 Å². The van der Waals surface area contributed by atoms with Crippen LogP contribution < -0.4 is 11.1 Å². The molecule has 5 nitrogen and oxygen atoms in total. The molecule has 7 heteroatoms. The van der Waals surface area contributed by atoms with Gasteiger partial charge in [0.2, 0.25) is 5.91 Å². The average Bonchev–Trinajstić information content (AvgIpc) is 2.61. The van der Waals surface area contributed by atoms with Gasteiger partial charge in [-0.05, 0) is 6.92 Å². The second-order valence-corrected chi connectivity index (χ2v) is 3.81. The summed E-state index contributed by atoms with van der Waals surface area (Å²) in [4.78, 5) is 11.4. The van der Waals surface area contributed by atoms with E-state index in [4.69, 9.17) is 17.3 Å². The summed E-state index contributed by atoms with van der Waals surface area (Å²) in [6, 6.07) is 0.0127. The first kappa shape index (κ1) is 15.2. The summed E-state index contributed by atoms with van der Waals surface area (Å²) in [5.41, 5.74) is 5.38. The van der Waals surface area contributed by atoms with E-state index in [1.807, 2.05) is 6.92 Å². The lowest BCUT2D eigenvalue weighted by Crippen LogP contribution is -2.38. The fourth-order valence-corrected chi connectivity index (χ4v) is 1.24. The number of rotatable bonds is 5. The van der Waals surface area contributed by atoms with E-state index in [0.717, 1.165) is 0 Å². The van der Waals surface area contributed by atoms with Gasteiger partial charge < -0.3 is 11.1 Å². The van der Waals surface area contributed by atoms with Crippen LogP contribution in [0.25, 0.3) is 0 Å². The minimum Gasteiger partial charge on any atom is -0.352 e. The van der Waals surface area contributed by atoms with Gasteiger partial charge >= 0.3 is 0 Å². The molecule has 1 heterocycles. The molecule has 0 aromatic carbocycles. The van der Waals surface area contributed by atoms with Gasteiger partial charge in [0.1, 0.15) is 0 Å². The average molecular weight is 267 g/mol. The van der Waals surface area contributed by atoms with Crippen molar-refractivity contribution in [1.82, 2.24) is 15.1 Å². The van der Waals surface area contributed by atoms with Crippen LogP contribution in [0.5, 0.6) is 0 Å². The number of aryl methyl sites for hydroxylation is 1. The predicted octanol–water partition coefficient (Wildman–Crippen LogP) is 0.812. The molecule has 1 rings (SSSR count). The molecule has 1 aromatic rings. The fraction of sp³-hybridized carbons (Fsp3) is 0.556. The van der Waals surface area contributed by atoms with Crippen LogP contribution >= 0.6 is 24.0 Å². The smallest absolute Gasteiger partial charge is 0.222 e. The Morgan fingerprint density at radius 3 is 2.94 bits per heavy atom. The first-order chi connectivity index (χ1) is 7.11. The largest absolute Gasteiger partial charge is 0.352 e. The molecule has 0 spiro atoms. The van der Waals surface area contributed by atoms with Gasteiger partial charge in [-0.25, -0.2) is 0 Å². The Morgan fingerprint density at radius 1 is 1.75 bits per heavy atom. The lowest BCUT2D eigenvalue weighted by atomic mass is 10.3. The van der Waals surface area contributed by atoms with E-state index >= 15 is 0 Å². The monoisotopic (exact) mass is 266 g/mol. The van der Waals surface area contributed by atoms with Gasteiger partial charge in [0.25, 0.3) is 0 Å². The topological polar surface area (TPSA) is 72.9 Å². The zero-order valence-electron chi connectivity index (χ0n) is 9.02. The van der Waals surface area contributed by atoms with Gasteiger partial charge in [-0.3, -0.25) is 9.48 Å². The van der Waals surface area contributed by atoms with Crippen molar-refractivity contribution in [3.63, 3.8) is 0 Å². The standard InChI is InChI=1S/C9H15ClN4O.ClH/c1-7(4-11)13-9(15)2-3-14-6-8(10)5-12-14;/h5-7H,2-4,11H2,1H3,(H,13,15);1H/t7-;/m1./s1. The number of halogens is 2. The minimum atomic E-state index is -0.0282. The fourth-order valence-electron chi connectivity index (χ4n) is 1.08. The number of hydrogen-bond acceptors (Lipinski definition) is 3. The maximum atomic E-state index is 11.4. The molecule has 0 saturated carbocycles. The number of carbonyl (C=O) groups excluding carboxylic acids is 1. The summed E-state index contributed by atoms with van der Waals surface area (Å²) < 4.78 is 1.63. The summed E-state index contributed by atoms with van der Waals surface area (Å²) >= 11 is 5.68. The quantitative estimate of drug-likeness (QED) is 0.829. The minimum absolute atomic E-state index is 0. The number of aromatic nitrogens is 2. The zero-order valence-corrected chi connectivity index (χ0v) is 10.6. The van der Waals surface area contributed by atoms with Gasteiger partial charge in [0, 0.05) is 31.7 Å². The van der Waals surface area contributed by atoms with Gasteiger partial charge in [-0.1, -0.05) is 11.6 Å². The molecule has 0 radical (unpaired) electrons. The molecule has 1 atom stereocenters. The molecule has 0 unspecified atom stereocenters. The molecule has 0 aliphatic carbocycles. The van der Waals surface area contributed by atoms with Crippen LogP contribution in [-0.2, 0) is 11.3 Å². The van der Waals surface area contributed by atoms with E-state index in [2.05, 4.69) is 10.4 Å².